The van der Waals surface area contributed by atoms with Gasteiger partial charge in [0.1, 0.15) is 12.4 Å². The van der Waals surface area contributed by atoms with Gasteiger partial charge in [-0.15, -0.1) is 0 Å². The molecule has 27 heavy (non-hydrogen) atoms. The highest BCUT2D eigenvalue weighted by atomic mass is 35.5. The van der Waals surface area contributed by atoms with Crippen molar-refractivity contribution in [2.45, 2.75) is 32.8 Å². The number of nitrogens with one attached hydrogen (secondary N) is 1. The summed E-state index contributed by atoms with van der Waals surface area (Å²) in [5.41, 5.74) is 2.31. The minimum absolute atomic E-state index is 0.0742. The number of hydrogen-bond acceptors (Lipinski definition) is 4. The number of esters is 1. The Morgan fingerprint density at radius 3 is 2.59 bits per heavy atom. The lowest BCUT2D eigenvalue weighted by atomic mass is 10.1. The Morgan fingerprint density at radius 2 is 1.89 bits per heavy atom. The van der Waals surface area contributed by atoms with Crippen LogP contribution in [0, 0.1) is 6.92 Å². The average Bonchev–Trinajstić information content (AvgIpc) is 2.64. The first kappa shape index (κ1) is 20.8. The highest BCUT2D eigenvalue weighted by Gasteiger charge is 2.16. The Balaban J connectivity index is 1.61. The fraction of sp³-hybridized carbons (Fsp3) is 0.333. The van der Waals surface area contributed by atoms with Crippen LogP contribution in [0.15, 0.2) is 48.5 Å². The first-order chi connectivity index (χ1) is 12.9. The molecule has 0 aromatic heterocycles. The average molecular weight is 390 g/mol. The van der Waals surface area contributed by atoms with Gasteiger partial charge in [0.05, 0.1) is 6.54 Å². The molecule has 5 nitrogen and oxygen atoms in total. The molecule has 2 aromatic carbocycles. The monoisotopic (exact) mass is 389 g/mol. The van der Waals surface area contributed by atoms with Crippen molar-refractivity contribution >= 4 is 23.5 Å². The Kier molecular flexibility index (Phi) is 8.14. The fourth-order valence-electron chi connectivity index (χ4n) is 2.35. The van der Waals surface area contributed by atoms with Crippen LogP contribution in [0.4, 0.5) is 0 Å². The highest BCUT2D eigenvalue weighted by molar-refractivity contribution is 6.30. The predicted molar refractivity (Wildman–Crippen MR) is 105 cm³/mol. The van der Waals surface area contributed by atoms with Gasteiger partial charge in [-0.1, -0.05) is 47.5 Å². The maximum Gasteiger partial charge on any atom is 0.347 e. The Labute approximate surface area is 164 Å². The van der Waals surface area contributed by atoms with Gasteiger partial charge in [-0.2, -0.15) is 0 Å². The number of hydrogen-bond donors (Lipinski definition) is 1. The largest absolute Gasteiger partial charge is 0.479 e. The normalized spacial score (nSPS) is 11.5. The third-order valence-corrected chi connectivity index (χ3v) is 4.11. The number of rotatable bonds is 9. The van der Waals surface area contributed by atoms with Crippen LogP contribution in [0.1, 0.15) is 24.5 Å². The van der Waals surface area contributed by atoms with Gasteiger partial charge in [0.25, 0.3) is 0 Å². The van der Waals surface area contributed by atoms with Gasteiger partial charge < -0.3 is 14.8 Å². The molecule has 1 N–H and O–H groups in total. The Bertz CT molecular complexity index is 761. The number of carbonyl (C=O) groups excluding carboxylic acids is 2. The molecule has 1 amide bonds. The molecule has 2 aromatic rings. The van der Waals surface area contributed by atoms with E-state index in [9.17, 15) is 9.59 Å². The Morgan fingerprint density at radius 1 is 1.15 bits per heavy atom. The molecule has 144 valence electrons. The summed E-state index contributed by atoms with van der Waals surface area (Å²) in [6.07, 6.45) is 0.308. The predicted octanol–water partition coefficient (Wildman–Crippen LogP) is 3.71. The molecule has 0 radical (unpaired) electrons. The minimum Gasteiger partial charge on any atom is -0.479 e. The quantitative estimate of drug-likeness (QED) is 0.524. The maximum atomic E-state index is 11.9. The lowest BCUT2D eigenvalue weighted by Crippen LogP contribution is -2.31. The van der Waals surface area contributed by atoms with Gasteiger partial charge in [0.15, 0.2) is 6.10 Å². The van der Waals surface area contributed by atoms with Crippen molar-refractivity contribution in [3.05, 3.63) is 64.7 Å². The Hall–Kier alpha value is -2.53. The summed E-state index contributed by atoms with van der Waals surface area (Å²) in [4.78, 5) is 23.8. The van der Waals surface area contributed by atoms with Crippen LogP contribution < -0.4 is 10.1 Å². The van der Waals surface area contributed by atoms with Gasteiger partial charge in [-0.25, -0.2) is 4.79 Å². The van der Waals surface area contributed by atoms with Gasteiger partial charge in [0, 0.05) is 11.4 Å². The molecule has 0 saturated carbocycles. The molecule has 0 aliphatic rings. The number of benzene rings is 2. The smallest absolute Gasteiger partial charge is 0.347 e. The van der Waals surface area contributed by atoms with E-state index in [-0.39, 0.29) is 19.1 Å². The molecule has 0 aliphatic heterocycles. The van der Waals surface area contributed by atoms with Crippen molar-refractivity contribution in [3.8, 4) is 5.75 Å². The van der Waals surface area contributed by atoms with E-state index < -0.39 is 12.1 Å². The lowest BCUT2D eigenvalue weighted by Gasteiger charge is -2.14. The van der Waals surface area contributed by atoms with Crippen LogP contribution in [-0.2, 0) is 20.7 Å². The highest BCUT2D eigenvalue weighted by Crippen LogP contribution is 2.18. The van der Waals surface area contributed by atoms with Crippen LogP contribution in [0.5, 0.6) is 5.75 Å². The van der Waals surface area contributed by atoms with Crippen molar-refractivity contribution in [3.63, 3.8) is 0 Å². The topological polar surface area (TPSA) is 64.6 Å². The number of amides is 1. The van der Waals surface area contributed by atoms with Crippen molar-refractivity contribution in [2.75, 3.05) is 13.2 Å². The zero-order valence-corrected chi connectivity index (χ0v) is 16.3. The molecular formula is C21H24ClNO4. The molecule has 0 aliphatic carbocycles. The van der Waals surface area contributed by atoms with Gasteiger partial charge in [-0.3, -0.25) is 4.79 Å². The molecule has 0 heterocycles. The van der Waals surface area contributed by atoms with E-state index in [1.807, 2.05) is 31.2 Å². The van der Waals surface area contributed by atoms with Gasteiger partial charge in [0.2, 0.25) is 5.91 Å². The minimum atomic E-state index is -0.763. The zero-order valence-electron chi connectivity index (χ0n) is 15.5. The molecular weight excluding hydrogens is 366 g/mol. The SMILES string of the molecule is Cc1ccc(CCC(=O)NCCOC(=O)C(C)Oc2cccc(Cl)c2)cc1. The number of carbonyl (C=O) groups is 2. The second-order valence-electron chi connectivity index (χ2n) is 6.22. The first-order valence-electron chi connectivity index (χ1n) is 8.85. The summed E-state index contributed by atoms with van der Waals surface area (Å²) in [6.45, 7) is 3.99. The summed E-state index contributed by atoms with van der Waals surface area (Å²) in [5, 5.41) is 3.27. The molecule has 6 heteroatoms. The summed E-state index contributed by atoms with van der Waals surface area (Å²) in [6, 6.07) is 14.9. The van der Waals surface area contributed by atoms with E-state index in [1.165, 1.54) is 5.56 Å². The number of ether oxygens (including phenoxy) is 2. The van der Waals surface area contributed by atoms with Crippen molar-refractivity contribution < 1.29 is 19.1 Å². The van der Waals surface area contributed by atoms with Crippen LogP contribution in [0.2, 0.25) is 5.02 Å². The van der Waals surface area contributed by atoms with E-state index in [1.54, 1.807) is 31.2 Å². The number of halogens is 1. The summed E-state index contributed by atoms with van der Waals surface area (Å²) >= 11 is 5.88. The van der Waals surface area contributed by atoms with Crippen molar-refractivity contribution in [1.82, 2.24) is 5.32 Å². The van der Waals surface area contributed by atoms with E-state index in [4.69, 9.17) is 21.1 Å². The van der Waals surface area contributed by atoms with Gasteiger partial charge >= 0.3 is 5.97 Å². The molecule has 0 fully saturated rings. The van der Waals surface area contributed by atoms with E-state index in [2.05, 4.69) is 5.32 Å². The molecule has 1 atom stereocenters. The molecule has 1 unspecified atom stereocenters. The third-order valence-electron chi connectivity index (χ3n) is 3.87. The van der Waals surface area contributed by atoms with Gasteiger partial charge in [-0.05, 0) is 44.0 Å². The summed E-state index contributed by atoms with van der Waals surface area (Å²) in [5.74, 6) is -0.0740. The second kappa shape index (κ2) is 10.6. The maximum absolute atomic E-state index is 11.9. The molecule has 0 spiro atoms. The summed E-state index contributed by atoms with van der Waals surface area (Å²) < 4.78 is 10.6. The van der Waals surface area contributed by atoms with Crippen LogP contribution in [-0.4, -0.2) is 31.1 Å². The molecule has 0 bridgehead atoms. The molecule has 0 saturated heterocycles. The van der Waals surface area contributed by atoms with E-state index >= 15 is 0 Å². The van der Waals surface area contributed by atoms with Crippen LogP contribution in [0.3, 0.4) is 0 Å². The summed E-state index contributed by atoms with van der Waals surface area (Å²) in [7, 11) is 0. The van der Waals surface area contributed by atoms with E-state index in [0.717, 1.165) is 5.56 Å². The van der Waals surface area contributed by atoms with Crippen molar-refractivity contribution in [2.24, 2.45) is 0 Å². The fourth-order valence-corrected chi connectivity index (χ4v) is 2.53. The van der Waals surface area contributed by atoms with Crippen LogP contribution >= 0.6 is 11.6 Å². The third kappa shape index (κ3) is 7.71. The first-order valence-corrected chi connectivity index (χ1v) is 9.23. The molecule has 2 rings (SSSR count). The lowest BCUT2D eigenvalue weighted by molar-refractivity contribution is -0.151. The van der Waals surface area contributed by atoms with E-state index in [0.29, 0.717) is 23.6 Å². The number of aryl methyl sites for hydroxylation is 2. The zero-order chi connectivity index (χ0) is 19.6. The second-order valence-corrected chi connectivity index (χ2v) is 6.66. The van der Waals surface area contributed by atoms with Crippen molar-refractivity contribution in [1.29, 1.82) is 0 Å². The van der Waals surface area contributed by atoms with Crippen LogP contribution in [0.25, 0.3) is 0 Å². The standard InChI is InChI=1S/C21H24ClNO4/c1-15-6-8-17(9-7-15)10-11-20(24)23-12-13-26-21(25)16(2)27-19-5-3-4-18(22)14-19/h3-9,14,16H,10-13H2,1-2H3,(H,23,24).